The molecular weight excluding hydrogens is 378 g/mol. The van der Waals surface area contributed by atoms with E-state index in [4.69, 9.17) is 0 Å². The van der Waals surface area contributed by atoms with Crippen LogP contribution < -0.4 is 0 Å². The summed E-state index contributed by atoms with van der Waals surface area (Å²) in [4.78, 5) is 0. The quantitative estimate of drug-likeness (QED) is 0.776. The van der Waals surface area contributed by atoms with Gasteiger partial charge in [-0.3, -0.25) is 0 Å². The van der Waals surface area contributed by atoms with Gasteiger partial charge >= 0.3 is 0 Å². The van der Waals surface area contributed by atoms with Crippen LogP contribution in [0.15, 0.2) is 30.9 Å². The third-order valence-electron chi connectivity index (χ3n) is 3.53. The molecule has 1 atom stereocenters. The van der Waals surface area contributed by atoms with Crippen LogP contribution in [-0.4, -0.2) is 19.3 Å². The lowest BCUT2D eigenvalue weighted by Gasteiger charge is -2.22. The van der Waals surface area contributed by atoms with Crippen molar-refractivity contribution < 1.29 is 8.42 Å². The molecule has 0 spiro atoms. The molecule has 20 heavy (non-hydrogen) atoms. The molecule has 1 saturated heterocycles. The molecule has 3 rings (SSSR count). The van der Waals surface area contributed by atoms with Gasteiger partial charge in [0.2, 0.25) is 0 Å². The monoisotopic (exact) mass is 391 g/mol. The summed E-state index contributed by atoms with van der Waals surface area (Å²) in [5.74, 6) is 0. The normalized spacial score (nSPS) is 20.6. The highest BCUT2D eigenvalue weighted by molar-refractivity contribution is 9.11. The van der Waals surface area contributed by atoms with Gasteiger partial charge in [-0.05, 0) is 69.7 Å². The number of aryl methyl sites for hydroxylation is 1. The minimum Gasteiger partial charge on any atom is -0.206 e. The van der Waals surface area contributed by atoms with Crippen molar-refractivity contribution in [2.45, 2.75) is 30.0 Å². The molecule has 1 aliphatic heterocycles. The van der Waals surface area contributed by atoms with Gasteiger partial charge in [0.15, 0.2) is 0 Å². The van der Waals surface area contributed by atoms with E-state index in [-0.39, 0.29) is 6.04 Å². The number of sulfonamides is 1. The topological polar surface area (TPSA) is 37.4 Å². The van der Waals surface area contributed by atoms with E-state index >= 15 is 0 Å². The number of hydrogen-bond acceptors (Lipinski definition) is 4. The van der Waals surface area contributed by atoms with E-state index in [0.29, 0.717) is 10.8 Å². The van der Waals surface area contributed by atoms with Crippen LogP contribution in [0, 0.1) is 6.92 Å². The second kappa shape index (κ2) is 5.53. The average Bonchev–Trinajstić information content (AvgIpc) is 3.10. The van der Waals surface area contributed by atoms with Crippen LogP contribution in [0.1, 0.15) is 30.0 Å². The van der Waals surface area contributed by atoms with Gasteiger partial charge in [0.25, 0.3) is 10.0 Å². The summed E-state index contributed by atoms with van der Waals surface area (Å²) in [6, 6.07) is 3.78. The first-order valence-corrected chi connectivity index (χ1v) is 10.3. The lowest BCUT2D eigenvalue weighted by molar-refractivity contribution is 0.398. The molecule has 0 amide bonds. The van der Waals surface area contributed by atoms with Crippen LogP contribution in [0.4, 0.5) is 0 Å². The summed E-state index contributed by atoms with van der Waals surface area (Å²) >= 11 is 6.32. The molecule has 0 radical (unpaired) electrons. The fourth-order valence-electron chi connectivity index (χ4n) is 2.50. The standard InChI is InChI=1S/C13H14BrNO2S3/c1-9-7-12(19-13(9)14)20(16,17)15-5-2-3-11(15)10-4-6-18-8-10/h4,6-8,11H,2-3,5H2,1H3. The van der Waals surface area contributed by atoms with Crippen LogP contribution in [0.2, 0.25) is 0 Å². The Morgan fingerprint density at radius 3 is 2.85 bits per heavy atom. The van der Waals surface area contributed by atoms with Crippen LogP contribution >= 0.6 is 38.6 Å². The molecule has 0 aromatic carbocycles. The van der Waals surface area contributed by atoms with Crippen LogP contribution in [0.3, 0.4) is 0 Å². The average molecular weight is 392 g/mol. The van der Waals surface area contributed by atoms with Crippen LogP contribution in [0.5, 0.6) is 0 Å². The lowest BCUT2D eigenvalue weighted by Crippen LogP contribution is -2.29. The number of halogens is 1. The molecule has 0 aliphatic carbocycles. The van der Waals surface area contributed by atoms with Crippen molar-refractivity contribution in [2.75, 3.05) is 6.54 Å². The SMILES string of the molecule is Cc1cc(S(=O)(=O)N2CCCC2c2ccsc2)sc1Br. The Kier molecular flexibility index (Phi) is 4.07. The van der Waals surface area contributed by atoms with Gasteiger partial charge in [0.05, 0.1) is 9.83 Å². The second-order valence-electron chi connectivity index (χ2n) is 4.85. The Balaban J connectivity index is 1.98. The third-order valence-corrected chi connectivity index (χ3v) is 8.72. The van der Waals surface area contributed by atoms with Crippen molar-refractivity contribution in [1.82, 2.24) is 4.31 Å². The van der Waals surface area contributed by atoms with E-state index in [2.05, 4.69) is 15.9 Å². The molecule has 3 nitrogen and oxygen atoms in total. The maximum Gasteiger partial charge on any atom is 0.253 e. The van der Waals surface area contributed by atoms with Crippen molar-refractivity contribution in [3.8, 4) is 0 Å². The van der Waals surface area contributed by atoms with Gasteiger partial charge in [0, 0.05) is 6.54 Å². The van der Waals surface area contributed by atoms with Gasteiger partial charge in [-0.25, -0.2) is 8.42 Å². The Labute approximate surface area is 135 Å². The summed E-state index contributed by atoms with van der Waals surface area (Å²) in [5, 5.41) is 4.05. The highest BCUT2D eigenvalue weighted by atomic mass is 79.9. The molecule has 7 heteroatoms. The van der Waals surface area contributed by atoms with E-state index < -0.39 is 10.0 Å². The van der Waals surface area contributed by atoms with Gasteiger partial charge in [-0.1, -0.05) is 0 Å². The maximum absolute atomic E-state index is 12.8. The summed E-state index contributed by atoms with van der Waals surface area (Å²) < 4.78 is 28.6. The van der Waals surface area contributed by atoms with E-state index in [1.165, 1.54) is 11.3 Å². The van der Waals surface area contributed by atoms with Crippen molar-refractivity contribution in [3.05, 3.63) is 37.8 Å². The Hall–Kier alpha value is -0.210. The first-order chi connectivity index (χ1) is 9.50. The summed E-state index contributed by atoms with van der Waals surface area (Å²) in [6.07, 6.45) is 1.83. The lowest BCUT2D eigenvalue weighted by atomic mass is 10.1. The zero-order chi connectivity index (χ0) is 14.3. The predicted molar refractivity (Wildman–Crippen MR) is 86.9 cm³/mol. The largest absolute Gasteiger partial charge is 0.253 e. The molecule has 0 saturated carbocycles. The fourth-order valence-corrected chi connectivity index (χ4v) is 7.25. The van der Waals surface area contributed by atoms with E-state index in [1.807, 2.05) is 23.8 Å². The molecular formula is C13H14BrNO2S3. The predicted octanol–water partition coefficient (Wildman–Crippen LogP) is 4.41. The molecule has 1 fully saturated rings. The highest BCUT2D eigenvalue weighted by Gasteiger charge is 2.37. The molecule has 2 aromatic rings. The van der Waals surface area contributed by atoms with Gasteiger partial charge in [-0.15, -0.1) is 11.3 Å². The molecule has 108 valence electrons. The van der Waals surface area contributed by atoms with Crippen molar-refractivity contribution in [1.29, 1.82) is 0 Å². The molecule has 3 heterocycles. The number of nitrogens with zero attached hydrogens (tertiary/aromatic N) is 1. The second-order valence-corrected chi connectivity index (χ2v) is 10.1. The minimum atomic E-state index is -3.39. The molecule has 1 aliphatic rings. The molecule has 1 unspecified atom stereocenters. The summed E-state index contributed by atoms with van der Waals surface area (Å²) in [5.41, 5.74) is 2.09. The summed E-state index contributed by atoms with van der Waals surface area (Å²) in [6.45, 7) is 2.53. The Morgan fingerprint density at radius 2 is 2.25 bits per heavy atom. The zero-order valence-corrected chi connectivity index (χ0v) is 14.9. The molecule has 0 N–H and O–H groups in total. The smallest absolute Gasteiger partial charge is 0.206 e. The third kappa shape index (κ3) is 2.50. The maximum atomic E-state index is 12.8. The first-order valence-electron chi connectivity index (χ1n) is 6.30. The van der Waals surface area contributed by atoms with Crippen LogP contribution in [0.25, 0.3) is 0 Å². The number of rotatable bonds is 3. The highest BCUT2D eigenvalue weighted by Crippen LogP contribution is 2.40. The van der Waals surface area contributed by atoms with Crippen molar-refractivity contribution in [2.24, 2.45) is 0 Å². The van der Waals surface area contributed by atoms with E-state index in [0.717, 1.165) is 27.8 Å². The van der Waals surface area contributed by atoms with Gasteiger partial charge < -0.3 is 0 Å². The molecule has 2 aromatic heterocycles. The van der Waals surface area contributed by atoms with Crippen molar-refractivity contribution >= 4 is 48.6 Å². The minimum absolute atomic E-state index is 0.00701. The van der Waals surface area contributed by atoms with E-state index in [1.54, 1.807) is 21.7 Å². The molecule has 0 bridgehead atoms. The van der Waals surface area contributed by atoms with E-state index in [9.17, 15) is 8.42 Å². The van der Waals surface area contributed by atoms with Gasteiger partial charge in [-0.2, -0.15) is 15.6 Å². The number of thiophene rings is 2. The van der Waals surface area contributed by atoms with Gasteiger partial charge in [0.1, 0.15) is 4.21 Å². The number of hydrogen-bond donors (Lipinski definition) is 0. The Morgan fingerprint density at radius 1 is 1.45 bits per heavy atom. The zero-order valence-electron chi connectivity index (χ0n) is 10.9. The summed E-state index contributed by atoms with van der Waals surface area (Å²) in [7, 11) is -3.39. The fraction of sp³-hybridized carbons (Fsp3) is 0.385. The van der Waals surface area contributed by atoms with Crippen LogP contribution in [-0.2, 0) is 10.0 Å². The first kappa shape index (κ1) is 14.7. The Bertz CT molecular complexity index is 687. The van der Waals surface area contributed by atoms with Crippen molar-refractivity contribution in [3.63, 3.8) is 0 Å².